The zero-order valence-electron chi connectivity index (χ0n) is 13.8. The minimum absolute atomic E-state index is 0.0447. The van der Waals surface area contributed by atoms with Crippen molar-refractivity contribution in [1.29, 1.82) is 0 Å². The Morgan fingerprint density at radius 1 is 1.08 bits per heavy atom. The molecule has 5 heteroatoms. The first-order valence-corrected chi connectivity index (χ1v) is 8.42. The number of hydrogen-bond acceptors (Lipinski definition) is 4. The molecular weight excluding hydrogens is 314 g/mol. The van der Waals surface area contributed by atoms with Crippen molar-refractivity contribution in [2.45, 2.75) is 18.9 Å². The minimum atomic E-state index is -0.435. The van der Waals surface area contributed by atoms with Crippen molar-refractivity contribution in [3.8, 4) is 11.1 Å². The maximum atomic E-state index is 11.1. The molecule has 0 bridgehead atoms. The molecule has 0 aliphatic heterocycles. The SMILES string of the molecule is NC(=O)COC(c1cccc(-c2ccc3nccnc3c2)c1)C1CC1. The smallest absolute Gasteiger partial charge is 0.243 e. The Balaban J connectivity index is 1.66. The molecule has 1 aliphatic rings. The third-order valence-electron chi connectivity index (χ3n) is 4.47. The van der Waals surface area contributed by atoms with Crippen LogP contribution in [0, 0.1) is 5.92 Å². The van der Waals surface area contributed by atoms with E-state index in [2.05, 4.69) is 22.1 Å². The van der Waals surface area contributed by atoms with Gasteiger partial charge in [0.2, 0.25) is 5.91 Å². The third-order valence-corrected chi connectivity index (χ3v) is 4.47. The van der Waals surface area contributed by atoms with Gasteiger partial charge in [-0.25, -0.2) is 0 Å². The number of benzene rings is 2. The predicted octanol–water partition coefficient (Wildman–Crippen LogP) is 3.25. The van der Waals surface area contributed by atoms with Crippen molar-refractivity contribution >= 4 is 16.9 Å². The summed E-state index contributed by atoms with van der Waals surface area (Å²) in [6.45, 7) is -0.0447. The summed E-state index contributed by atoms with van der Waals surface area (Å²) in [5.74, 6) is 0.0342. The lowest BCUT2D eigenvalue weighted by molar-refractivity contribution is -0.125. The molecular formula is C20H19N3O2. The fourth-order valence-electron chi connectivity index (χ4n) is 3.11. The second kappa shape index (κ2) is 6.61. The fraction of sp³-hybridized carbons (Fsp3) is 0.250. The molecule has 1 aromatic heterocycles. The van der Waals surface area contributed by atoms with E-state index in [0.717, 1.165) is 40.6 Å². The number of carbonyl (C=O) groups excluding carboxylic acids is 1. The van der Waals surface area contributed by atoms with Crippen LogP contribution in [0.15, 0.2) is 54.9 Å². The Kier molecular flexibility index (Phi) is 4.15. The zero-order chi connectivity index (χ0) is 17.2. The van der Waals surface area contributed by atoms with Crippen molar-refractivity contribution in [1.82, 2.24) is 9.97 Å². The van der Waals surface area contributed by atoms with Crippen LogP contribution < -0.4 is 5.73 Å². The largest absolute Gasteiger partial charge is 0.368 e. The summed E-state index contributed by atoms with van der Waals surface area (Å²) in [4.78, 5) is 19.8. The number of ether oxygens (including phenoxy) is 1. The van der Waals surface area contributed by atoms with Crippen molar-refractivity contribution in [3.63, 3.8) is 0 Å². The molecule has 0 saturated heterocycles. The molecule has 2 N–H and O–H groups in total. The lowest BCUT2D eigenvalue weighted by Gasteiger charge is -2.18. The van der Waals surface area contributed by atoms with Gasteiger partial charge in [0.1, 0.15) is 6.61 Å². The molecule has 1 fully saturated rings. The number of rotatable bonds is 6. The average Bonchev–Trinajstić information content (AvgIpc) is 3.46. The lowest BCUT2D eigenvalue weighted by atomic mass is 9.98. The number of nitrogens with zero attached hydrogens (tertiary/aromatic N) is 2. The number of fused-ring (bicyclic) bond motifs is 1. The molecule has 3 aromatic rings. The molecule has 1 saturated carbocycles. The minimum Gasteiger partial charge on any atom is -0.368 e. The monoisotopic (exact) mass is 333 g/mol. The molecule has 0 spiro atoms. The molecule has 1 unspecified atom stereocenters. The molecule has 1 amide bonds. The average molecular weight is 333 g/mol. The van der Waals surface area contributed by atoms with Gasteiger partial charge in [-0.1, -0.05) is 24.3 Å². The van der Waals surface area contributed by atoms with E-state index in [-0.39, 0.29) is 12.7 Å². The molecule has 0 radical (unpaired) electrons. The Hall–Kier alpha value is -2.79. The summed E-state index contributed by atoms with van der Waals surface area (Å²) < 4.78 is 5.78. The number of carbonyl (C=O) groups is 1. The molecule has 2 aromatic carbocycles. The number of hydrogen-bond donors (Lipinski definition) is 1. The van der Waals surface area contributed by atoms with E-state index in [1.807, 2.05) is 30.3 Å². The topological polar surface area (TPSA) is 78.1 Å². The number of nitrogens with two attached hydrogens (primary N) is 1. The van der Waals surface area contributed by atoms with E-state index in [1.54, 1.807) is 12.4 Å². The van der Waals surface area contributed by atoms with E-state index < -0.39 is 5.91 Å². The Labute approximate surface area is 145 Å². The van der Waals surface area contributed by atoms with Crippen molar-refractivity contribution < 1.29 is 9.53 Å². The van der Waals surface area contributed by atoms with Crippen LogP contribution in [0.5, 0.6) is 0 Å². The van der Waals surface area contributed by atoms with Gasteiger partial charge >= 0.3 is 0 Å². The van der Waals surface area contributed by atoms with Gasteiger partial charge in [0.15, 0.2) is 0 Å². The van der Waals surface area contributed by atoms with Crippen molar-refractivity contribution in [2.24, 2.45) is 11.7 Å². The highest BCUT2D eigenvalue weighted by Gasteiger charge is 2.33. The van der Waals surface area contributed by atoms with Gasteiger partial charge in [-0.2, -0.15) is 0 Å². The first-order valence-electron chi connectivity index (χ1n) is 8.42. The van der Waals surface area contributed by atoms with Gasteiger partial charge in [-0.05, 0) is 53.6 Å². The number of amides is 1. The quantitative estimate of drug-likeness (QED) is 0.751. The molecule has 1 heterocycles. The zero-order valence-corrected chi connectivity index (χ0v) is 13.8. The van der Waals surface area contributed by atoms with Crippen LogP contribution in [-0.2, 0) is 9.53 Å². The van der Waals surface area contributed by atoms with E-state index >= 15 is 0 Å². The van der Waals surface area contributed by atoms with E-state index in [1.165, 1.54) is 0 Å². The Morgan fingerprint density at radius 3 is 2.60 bits per heavy atom. The Bertz CT molecular complexity index is 921. The number of aromatic nitrogens is 2. The molecule has 25 heavy (non-hydrogen) atoms. The van der Waals surface area contributed by atoms with Crippen LogP contribution in [0.2, 0.25) is 0 Å². The molecule has 5 nitrogen and oxygen atoms in total. The van der Waals surface area contributed by atoms with Crippen molar-refractivity contribution in [2.75, 3.05) is 6.61 Å². The van der Waals surface area contributed by atoms with Crippen LogP contribution in [0.4, 0.5) is 0 Å². The third kappa shape index (κ3) is 3.51. The molecule has 126 valence electrons. The van der Waals surface area contributed by atoms with E-state index in [4.69, 9.17) is 10.5 Å². The Morgan fingerprint density at radius 2 is 1.84 bits per heavy atom. The van der Waals surface area contributed by atoms with Crippen LogP contribution in [0.1, 0.15) is 24.5 Å². The summed E-state index contributed by atoms with van der Waals surface area (Å²) in [5, 5.41) is 0. The second-order valence-corrected chi connectivity index (χ2v) is 6.42. The summed E-state index contributed by atoms with van der Waals surface area (Å²) in [6, 6.07) is 14.3. The second-order valence-electron chi connectivity index (χ2n) is 6.42. The lowest BCUT2D eigenvalue weighted by Crippen LogP contribution is -2.20. The van der Waals surface area contributed by atoms with Gasteiger partial charge in [0.25, 0.3) is 0 Å². The first kappa shape index (κ1) is 15.7. The van der Waals surface area contributed by atoms with E-state index in [9.17, 15) is 4.79 Å². The van der Waals surface area contributed by atoms with Gasteiger partial charge in [-0.15, -0.1) is 0 Å². The first-order chi connectivity index (χ1) is 12.2. The predicted molar refractivity (Wildman–Crippen MR) is 95.6 cm³/mol. The van der Waals surface area contributed by atoms with Crippen LogP contribution in [-0.4, -0.2) is 22.5 Å². The highest BCUT2D eigenvalue weighted by molar-refractivity contribution is 5.81. The number of primary amides is 1. The maximum absolute atomic E-state index is 11.1. The van der Waals surface area contributed by atoms with Gasteiger partial charge in [-0.3, -0.25) is 14.8 Å². The summed E-state index contributed by atoms with van der Waals surface area (Å²) in [5.41, 5.74) is 10.2. The van der Waals surface area contributed by atoms with Gasteiger partial charge < -0.3 is 10.5 Å². The standard InChI is InChI=1S/C20H19N3O2/c21-19(24)12-25-20(13-4-5-13)16-3-1-2-14(10-16)15-6-7-17-18(11-15)23-9-8-22-17/h1-3,6-11,13,20H,4-5,12H2,(H2,21,24). The van der Waals surface area contributed by atoms with Crippen LogP contribution in [0.3, 0.4) is 0 Å². The maximum Gasteiger partial charge on any atom is 0.243 e. The highest BCUT2D eigenvalue weighted by atomic mass is 16.5. The van der Waals surface area contributed by atoms with Gasteiger partial charge in [0.05, 0.1) is 17.1 Å². The normalized spacial score (nSPS) is 15.2. The summed E-state index contributed by atoms with van der Waals surface area (Å²) in [7, 11) is 0. The highest BCUT2D eigenvalue weighted by Crippen LogP contribution is 2.43. The van der Waals surface area contributed by atoms with Crippen molar-refractivity contribution in [3.05, 3.63) is 60.4 Å². The van der Waals surface area contributed by atoms with Crippen LogP contribution >= 0.6 is 0 Å². The van der Waals surface area contributed by atoms with Gasteiger partial charge in [0, 0.05) is 12.4 Å². The molecule has 1 atom stereocenters. The fourth-order valence-corrected chi connectivity index (χ4v) is 3.11. The summed E-state index contributed by atoms with van der Waals surface area (Å²) >= 11 is 0. The molecule has 1 aliphatic carbocycles. The summed E-state index contributed by atoms with van der Waals surface area (Å²) in [6.07, 6.45) is 5.56. The van der Waals surface area contributed by atoms with E-state index in [0.29, 0.717) is 5.92 Å². The molecule has 4 rings (SSSR count). The van der Waals surface area contributed by atoms with Crippen LogP contribution in [0.25, 0.3) is 22.2 Å².